The molecule has 3 nitrogen and oxygen atoms in total. The Morgan fingerprint density at radius 2 is 1.28 bits per heavy atom. The van der Waals surface area contributed by atoms with Crippen molar-refractivity contribution in [2.45, 2.75) is 117 Å². The summed E-state index contributed by atoms with van der Waals surface area (Å²) in [6.07, 6.45) is 19.1. The van der Waals surface area contributed by atoms with Crippen LogP contribution in [0.4, 0.5) is 0 Å². The Hall–Kier alpha value is -0.570. The van der Waals surface area contributed by atoms with Crippen LogP contribution in [-0.2, 0) is 4.79 Å². The van der Waals surface area contributed by atoms with Crippen LogP contribution >= 0.6 is 0 Å². The lowest BCUT2D eigenvalue weighted by Crippen LogP contribution is -2.26. The summed E-state index contributed by atoms with van der Waals surface area (Å²) in [6, 6.07) is 0. The molecule has 1 atom stereocenters. The highest BCUT2D eigenvalue weighted by molar-refractivity contribution is 5.76. The van der Waals surface area contributed by atoms with E-state index < -0.39 is 0 Å². The Balaban J connectivity index is 3.95. The first kappa shape index (κ1) is 24.4. The number of unbranched alkanes of at least 4 members (excludes halogenated alkanes) is 10. The smallest absolute Gasteiger partial charge is 0.220 e. The lowest BCUT2D eigenvalue weighted by molar-refractivity contribution is -0.122. The number of rotatable bonds is 19. The van der Waals surface area contributed by atoms with Crippen LogP contribution in [0.25, 0.3) is 0 Å². The molecule has 3 heteroatoms. The van der Waals surface area contributed by atoms with Gasteiger partial charge in [-0.2, -0.15) is 0 Å². The first-order valence-corrected chi connectivity index (χ1v) is 11.1. The zero-order valence-corrected chi connectivity index (χ0v) is 17.2. The van der Waals surface area contributed by atoms with Crippen LogP contribution in [0.3, 0.4) is 0 Å². The molecule has 1 amide bonds. The lowest BCUT2D eigenvalue weighted by Gasteiger charge is -2.17. The van der Waals surface area contributed by atoms with Gasteiger partial charge in [-0.25, -0.2) is 0 Å². The van der Waals surface area contributed by atoms with Gasteiger partial charge in [0.15, 0.2) is 0 Å². The number of hydrogen-bond donors (Lipinski definition) is 2. The standard InChI is InChI=1S/C22H45NO2/c1-3-5-7-9-10-13-17-21(16-12-8-6-4-2)20-22(25)23-18-14-11-15-19-24/h21,24H,3-20H2,1-2H3,(H,23,25). The SMILES string of the molecule is CCCCCCCCC(CCCCCC)CC(=O)NCCCCCO. The number of nitrogens with one attached hydrogen (secondary N) is 1. The van der Waals surface area contributed by atoms with Crippen molar-refractivity contribution in [2.24, 2.45) is 5.92 Å². The maximum atomic E-state index is 12.2. The molecule has 25 heavy (non-hydrogen) atoms. The van der Waals surface area contributed by atoms with E-state index in [1.807, 2.05) is 0 Å². The fourth-order valence-corrected chi connectivity index (χ4v) is 3.40. The van der Waals surface area contributed by atoms with Gasteiger partial charge in [0.05, 0.1) is 0 Å². The summed E-state index contributed by atoms with van der Waals surface area (Å²) in [7, 11) is 0. The molecule has 0 aliphatic rings. The molecule has 2 N–H and O–H groups in total. The quantitative estimate of drug-likeness (QED) is 0.279. The molecule has 0 fully saturated rings. The van der Waals surface area contributed by atoms with Crippen LogP contribution in [-0.4, -0.2) is 24.2 Å². The van der Waals surface area contributed by atoms with Crippen molar-refractivity contribution in [2.75, 3.05) is 13.2 Å². The minimum atomic E-state index is 0.232. The largest absolute Gasteiger partial charge is 0.396 e. The van der Waals surface area contributed by atoms with Crippen LogP contribution in [0.2, 0.25) is 0 Å². The van der Waals surface area contributed by atoms with Gasteiger partial charge in [0, 0.05) is 19.6 Å². The maximum absolute atomic E-state index is 12.2. The van der Waals surface area contributed by atoms with Crippen LogP contribution in [0.1, 0.15) is 117 Å². The van der Waals surface area contributed by atoms with Crippen molar-refractivity contribution in [1.82, 2.24) is 5.32 Å². The average Bonchev–Trinajstić information content (AvgIpc) is 2.61. The summed E-state index contributed by atoms with van der Waals surface area (Å²) in [4.78, 5) is 12.2. The molecule has 0 saturated carbocycles. The van der Waals surface area contributed by atoms with Crippen molar-refractivity contribution in [3.63, 3.8) is 0 Å². The Kier molecular flexibility index (Phi) is 19.3. The highest BCUT2D eigenvalue weighted by atomic mass is 16.2. The molecule has 0 radical (unpaired) electrons. The van der Waals surface area contributed by atoms with Gasteiger partial charge in [0.1, 0.15) is 0 Å². The van der Waals surface area contributed by atoms with Gasteiger partial charge in [-0.15, -0.1) is 0 Å². The van der Waals surface area contributed by atoms with E-state index in [0.717, 1.165) is 25.8 Å². The van der Waals surface area contributed by atoms with Crippen LogP contribution < -0.4 is 5.32 Å². The van der Waals surface area contributed by atoms with Gasteiger partial charge in [-0.05, 0) is 38.0 Å². The Bertz CT molecular complexity index is 281. The van der Waals surface area contributed by atoms with E-state index >= 15 is 0 Å². The minimum Gasteiger partial charge on any atom is -0.396 e. The number of carbonyl (C=O) groups is 1. The van der Waals surface area contributed by atoms with Crippen LogP contribution in [0.15, 0.2) is 0 Å². The van der Waals surface area contributed by atoms with E-state index in [1.165, 1.54) is 77.0 Å². The molecule has 0 aromatic carbocycles. The number of amides is 1. The number of carbonyl (C=O) groups excluding carboxylic acids is 1. The third-order valence-corrected chi connectivity index (χ3v) is 5.06. The van der Waals surface area contributed by atoms with Gasteiger partial charge in [0.2, 0.25) is 5.91 Å². The first-order valence-electron chi connectivity index (χ1n) is 11.1. The van der Waals surface area contributed by atoms with Crippen molar-refractivity contribution < 1.29 is 9.90 Å². The molecule has 0 aliphatic carbocycles. The third kappa shape index (κ3) is 18.0. The summed E-state index contributed by atoms with van der Waals surface area (Å²) in [5.74, 6) is 0.802. The second-order valence-electron chi connectivity index (χ2n) is 7.61. The minimum absolute atomic E-state index is 0.232. The second kappa shape index (κ2) is 19.8. The van der Waals surface area contributed by atoms with E-state index in [2.05, 4.69) is 19.2 Å². The number of hydrogen-bond acceptors (Lipinski definition) is 2. The van der Waals surface area contributed by atoms with Crippen LogP contribution in [0.5, 0.6) is 0 Å². The molecule has 0 aromatic heterocycles. The molecule has 0 aromatic rings. The van der Waals surface area contributed by atoms with Crippen LogP contribution in [0, 0.1) is 5.92 Å². The summed E-state index contributed by atoms with van der Waals surface area (Å²) >= 11 is 0. The number of aliphatic hydroxyl groups excluding tert-OH is 1. The van der Waals surface area contributed by atoms with Gasteiger partial charge in [-0.3, -0.25) is 4.79 Å². The van der Waals surface area contributed by atoms with Crippen molar-refractivity contribution >= 4 is 5.91 Å². The topological polar surface area (TPSA) is 49.3 Å². The molecular formula is C22H45NO2. The van der Waals surface area contributed by atoms with E-state index in [1.54, 1.807) is 0 Å². The molecule has 0 heterocycles. The fraction of sp³-hybridized carbons (Fsp3) is 0.955. The third-order valence-electron chi connectivity index (χ3n) is 5.06. The zero-order chi connectivity index (χ0) is 18.6. The fourth-order valence-electron chi connectivity index (χ4n) is 3.40. The molecule has 0 rings (SSSR count). The Labute approximate surface area is 157 Å². The van der Waals surface area contributed by atoms with Crippen molar-refractivity contribution in [3.8, 4) is 0 Å². The summed E-state index contributed by atoms with van der Waals surface area (Å²) in [5, 5.41) is 11.8. The zero-order valence-electron chi connectivity index (χ0n) is 17.2. The van der Waals surface area contributed by atoms with E-state index in [0.29, 0.717) is 12.3 Å². The molecule has 1 unspecified atom stereocenters. The van der Waals surface area contributed by atoms with Gasteiger partial charge in [0.25, 0.3) is 0 Å². The highest BCUT2D eigenvalue weighted by Crippen LogP contribution is 2.22. The summed E-state index contributed by atoms with van der Waals surface area (Å²) in [6.45, 7) is 5.53. The number of aliphatic hydroxyl groups is 1. The predicted molar refractivity (Wildman–Crippen MR) is 109 cm³/mol. The normalized spacial score (nSPS) is 12.3. The molecular weight excluding hydrogens is 310 g/mol. The monoisotopic (exact) mass is 355 g/mol. The van der Waals surface area contributed by atoms with Gasteiger partial charge < -0.3 is 10.4 Å². The van der Waals surface area contributed by atoms with Gasteiger partial charge >= 0.3 is 0 Å². The van der Waals surface area contributed by atoms with Crippen molar-refractivity contribution in [3.05, 3.63) is 0 Å². The molecule has 150 valence electrons. The maximum Gasteiger partial charge on any atom is 0.220 e. The molecule has 0 saturated heterocycles. The average molecular weight is 356 g/mol. The molecule has 0 bridgehead atoms. The van der Waals surface area contributed by atoms with Crippen molar-refractivity contribution in [1.29, 1.82) is 0 Å². The van der Waals surface area contributed by atoms with E-state index in [4.69, 9.17) is 5.11 Å². The molecule has 0 spiro atoms. The summed E-state index contributed by atoms with van der Waals surface area (Å²) < 4.78 is 0. The highest BCUT2D eigenvalue weighted by Gasteiger charge is 2.13. The second-order valence-corrected chi connectivity index (χ2v) is 7.61. The lowest BCUT2D eigenvalue weighted by atomic mass is 9.91. The Morgan fingerprint density at radius 3 is 1.88 bits per heavy atom. The molecule has 0 aliphatic heterocycles. The van der Waals surface area contributed by atoms with E-state index in [-0.39, 0.29) is 12.5 Å². The summed E-state index contributed by atoms with van der Waals surface area (Å²) in [5.41, 5.74) is 0. The Morgan fingerprint density at radius 1 is 0.760 bits per heavy atom. The van der Waals surface area contributed by atoms with Gasteiger partial charge in [-0.1, -0.05) is 78.1 Å². The van der Waals surface area contributed by atoms with E-state index in [9.17, 15) is 4.79 Å². The predicted octanol–water partition coefficient (Wildman–Crippen LogP) is 5.99. The first-order chi connectivity index (χ1) is 12.2.